The second kappa shape index (κ2) is 85.9. The third-order valence-corrected chi connectivity index (χ3v) is 0. The Bertz CT molecular complexity index is 216. The Morgan fingerprint density at radius 3 is 0.320 bits per heavy atom. The van der Waals surface area contributed by atoms with Crippen molar-refractivity contribution in [2.24, 2.45) is 0 Å². The molecule has 0 unspecified atom stereocenters. The van der Waals surface area contributed by atoms with Gasteiger partial charge in [-0.1, -0.05) is 0 Å². The molecule has 0 rings (SSSR count). The average Bonchev–Trinajstić information content (AvgIpc) is 1.12. The molecular formula is H26Mg2O21S2. The first-order valence-electron chi connectivity index (χ1n) is 1.33. The fourth-order valence-corrected chi connectivity index (χ4v) is 0. The van der Waals surface area contributed by atoms with Crippen molar-refractivity contribution < 1.29 is 106 Å². The molecule has 0 fully saturated rings. The van der Waals surface area contributed by atoms with Gasteiger partial charge in [-0.2, -0.15) is 0 Å². The average molecular weight is 475 g/mol. The van der Waals surface area contributed by atoms with E-state index in [1.54, 1.807) is 0 Å². The van der Waals surface area contributed by atoms with E-state index in [9.17, 15) is 0 Å². The monoisotopic (exact) mass is 474 g/mol. The summed E-state index contributed by atoms with van der Waals surface area (Å²) < 4.78 is 68.2. The maximum atomic E-state index is 8.52. The van der Waals surface area contributed by atoms with Gasteiger partial charge in [-0.15, -0.1) is 0 Å². The number of hydrogen-bond donors (Lipinski definition) is 0. The summed E-state index contributed by atoms with van der Waals surface area (Å²) >= 11 is 0. The SMILES string of the molecule is O.O.O.O.O.O.O.O.O.O.O.O.O.O=S(=O)([O-])[O-].O=S(=O)([O-])[O-].[Mg+2].[Mg+2]. The van der Waals surface area contributed by atoms with E-state index >= 15 is 0 Å². The van der Waals surface area contributed by atoms with Crippen molar-refractivity contribution >= 4 is 66.9 Å². The van der Waals surface area contributed by atoms with Crippen molar-refractivity contribution in [1.29, 1.82) is 0 Å². The molecule has 0 saturated heterocycles. The van der Waals surface area contributed by atoms with Crippen molar-refractivity contribution in [3.05, 3.63) is 0 Å². The van der Waals surface area contributed by atoms with Crippen LogP contribution in [0.25, 0.3) is 0 Å². The molecule has 0 saturated carbocycles. The zero-order valence-corrected chi connectivity index (χ0v) is 16.5. The zero-order chi connectivity index (χ0) is 9.00. The van der Waals surface area contributed by atoms with E-state index in [1.165, 1.54) is 0 Å². The van der Waals surface area contributed by atoms with Crippen molar-refractivity contribution in [1.82, 2.24) is 0 Å². The quantitative estimate of drug-likeness (QED) is 0.183. The molecule has 21 nitrogen and oxygen atoms in total. The fraction of sp³-hybridized carbons (Fsp3) is 0. The Hall–Kier alpha value is 0.752. The Labute approximate surface area is 172 Å². The molecule has 0 atom stereocenters. The van der Waals surface area contributed by atoms with Crippen LogP contribution < -0.4 is 0 Å². The van der Waals surface area contributed by atoms with Crippen LogP contribution in [0, 0.1) is 0 Å². The molecule has 0 spiro atoms. The minimum Gasteiger partial charge on any atom is -0.759 e. The summed E-state index contributed by atoms with van der Waals surface area (Å²) in [4.78, 5) is 0. The first kappa shape index (κ1) is 206. The predicted octanol–water partition coefficient (Wildman–Crippen LogP) is -14.2. The topological polar surface area (TPSA) is 570 Å². The molecule has 26 N–H and O–H groups in total. The minimum absolute atomic E-state index is 0. The van der Waals surface area contributed by atoms with Gasteiger partial charge in [-0.25, -0.2) is 0 Å². The predicted molar refractivity (Wildman–Crippen MR) is 79.4 cm³/mol. The Balaban J connectivity index is -0.00000000213. The van der Waals surface area contributed by atoms with Gasteiger partial charge in [0.05, 0.1) is 0 Å². The smallest absolute Gasteiger partial charge is 0.759 e. The molecule has 0 radical (unpaired) electrons. The Kier molecular flexibility index (Phi) is 707. The van der Waals surface area contributed by atoms with Crippen molar-refractivity contribution in [3.8, 4) is 0 Å². The van der Waals surface area contributed by atoms with Crippen LogP contribution in [0.2, 0.25) is 0 Å². The van der Waals surface area contributed by atoms with E-state index in [4.69, 9.17) is 35.0 Å². The first-order valence-corrected chi connectivity index (χ1v) is 4.00. The number of rotatable bonds is 0. The first-order chi connectivity index (χ1) is 4.00. The van der Waals surface area contributed by atoms with E-state index in [0.29, 0.717) is 0 Å². The maximum absolute atomic E-state index is 8.52. The molecule has 25 heteroatoms. The van der Waals surface area contributed by atoms with Gasteiger partial charge in [0.25, 0.3) is 0 Å². The molecular weight excluding hydrogens is 449 g/mol. The summed E-state index contributed by atoms with van der Waals surface area (Å²) in [6, 6.07) is 0. The van der Waals surface area contributed by atoms with Crippen molar-refractivity contribution in [3.63, 3.8) is 0 Å². The number of hydrogen-bond acceptors (Lipinski definition) is 8. The molecule has 0 aromatic rings. The van der Waals surface area contributed by atoms with Gasteiger partial charge in [0, 0.05) is 20.8 Å². The Morgan fingerprint density at radius 1 is 0.320 bits per heavy atom. The van der Waals surface area contributed by atoms with E-state index in [1.807, 2.05) is 0 Å². The van der Waals surface area contributed by atoms with Crippen molar-refractivity contribution in [2.45, 2.75) is 0 Å². The summed E-state index contributed by atoms with van der Waals surface area (Å²) in [6.45, 7) is 0. The summed E-state index contributed by atoms with van der Waals surface area (Å²) in [5, 5.41) is 0. The van der Waals surface area contributed by atoms with Crippen LogP contribution >= 0.6 is 0 Å². The standard InChI is InChI=1S/2Mg.2H2O4S.13H2O/c;;2*1-5(2,3)4;;;;;;;;;;;;;/h;;2*(H2,1,2,3,4);13*1H2/q2*+2;;;;;;;;;;;;;;;/p-4. The molecule has 0 bridgehead atoms. The van der Waals surface area contributed by atoms with Crippen LogP contribution in [0.1, 0.15) is 0 Å². The van der Waals surface area contributed by atoms with E-state index in [0.717, 1.165) is 0 Å². The van der Waals surface area contributed by atoms with Gasteiger partial charge >= 0.3 is 46.1 Å². The molecule has 0 aromatic heterocycles. The molecule has 0 amide bonds. The fourth-order valence-electron chi connectivity index (χ4n) is 0. The van der Waals surface area contributed by atoms with Gasteiger partial charge in [0.15, 0.2) is 0 Å². The van der Waals surface area contributed by atoms with Crippen LogP contribution in [0.15, 0.2) is 0 Å². The summed E-state index contributed by atoms with van der Waals surface area (Å²) in [6.07, 6.45) is 0. The van der Waals surface area contributed by atoms with Gasteiger partial charge in [-0.3, -0.25) is 16.8 Å². The van der Waals surface area contributed by atoms with E-state index in [2.05, 4.69) is 0 Å². The largest absolute Gasteiger partial charge is 2.00 e. The normalized spacial score (nSPS) is 4.64. The van der Waals surface area contributed by atoms with E-state index < -0.39 is 20.8 Å². The van der Waals surface area contributed by atoms with Crippen LogP contribution in [0.4, 0.5) is 0 Å². The molecule has 0 aliphatic heterocycles. The van der Waals surface area contributed by atoms with E-state index in [-0.39, 0.29) is 117 Å². The summed E-state index contributed by atoms with van der Waals surface area (Å²) in [7, 11) is -10.3. The molecule has 0 heterocycles. The van der Waals surface area contributed by atoms with Gasteiger partial charge in [0.1, 0.15) is 0 Å². The molecule has 168 valence electrons. The van der Waals surface area contributed by atoms with Gasteiger partial charge < -0.3 is 89.4 Å². The molecule has 25 heavy (non-hydrogen) atoms. The molecule has 0 aromatic carbocycles. The Morgan fingerprint density at radius 2 is 0.320 bits per heavy atom. The minimum atomic E-state index is -5.17. The molecule has 0 aliphatic rings. The summed E-state index contributed by atoms with van der Waals surface area (Å²) in [5.74, 6) is 0. The maximum Gasteiger partial charge on any atom is 2.00 e. The second-order valence-corrected chi connectivity index (χ2v) is 2.45. The second-order valence-electron chi connectivity index (χ2n) is 0.816. The van der Waals surface area contributed by atoms with Crippen LogP contribution in [0.3, 0.4) is 0 Å². The van der Waals surface area contributed by atoms with Gasteiger partial charge in [-0.05, 0) is 0 Å². The van der Waals surface area contributed by atoms with Crippen LogP contribution in [-0.4, -0.2) is 152 Å². The van der Waals surface area contributed by atoms with Crippen LogP contribution in [0.5, 0.6) is 0 Å². The van der Waals surface area contributed by atoms with Crippen LogP contribution in [-0.2, 0) is 20.8 Å². The van der Waals surface area contributed by atoms with Crippen molar-refractivity contribution in [2.75, 3.05) is 0 Å². The summed E-state index contributed by atoms with van der Waals surface area (Å²) in [5.41, 5.74) is 0. The third kappa shape index (κ3) is 22600. The zero-order valence-electron chi connectivity index (χ0n) is 12.0. The third-order valence-electron chi connectivity index (χ3n) is 0. The van der Waals surface area contributed by atoms with Gasteiger partial charge in [0.2, 0.25) is 0 Å². The molecule has 0 aliphatic carbocycles.